The van der Waals surface area contributed by atoms with Gasteiger partial charge in [-0.05, 0) is 30.0 Å². The van der Waals surface area contributed by atoms with E-state index < -0.39 is 6.04 Å². The largest absolute Gasteiger partial charge is 0.406 e. The van der Waals surface area contributed by atoms with E-state index in [1.165, 1.54) is 12.8 Å². The van der Waals surface area contributed by atoms with Crippen LogP contribution in [0.2, 0.25) is 0 Å². The molecule has 4 rings (SSSR count). The number of carbonyl (C=O) groups excluding carboxylic acids is 1. The molecule has 3 aromatic rings. The third kappa shape index (κ3) is 6.04. The molecule has 160 valence electrons. The van der Waals surface area contributed by atoms with Gasteiger partial charge >= 0.3 is 6.01 Å². The highest BCUT2D eigenvalue weighted by molar-refractivity contribution is 5.91. The topological polar surface area (TPSA) is 71.3 Å². The molecular formula is C25H28N4O2. The van der Waals surface area contributed by atoms with Crippen molar-refractivity contribution in [2.24, 2.45) is 0 Å². The molecule has 0 radical (unpaired) electrons. The second kappa shape index (κ2) is 10.6. The van der Waals surface area contributed by atoms with Gasteiger partial charge in [0, 0.05) is 25.6 Å². The van der Waals surface area contributed by atoms with Crippen LogP contribution >= 0.6 is 0 Å². The van der Waals surface area contributed by atoms with E-state index in [9.17, 15) is 4.79 Å². The van der Waals surface area contributed by atoms with E-state index in [4.69, 9.17) is 4.42 Å². The van der Waals surface area contributed by atoms with E-state index >= 15 is 0 Å². The Kier molecular flexibility index (Phi) is 7.11. The van der Waals surface area contributed by atoms with Crippen LogP contribution in [0.5, 0.6) is 0 Å². The van der Waals surface area contributed by atoms with Crippen molar-refractivity contribution in [3.8, 4) is 0 Å². The van der Waals surface area contributed by atoms with Gasteiger partial charge in [0.05, 0.1) is 0 Å². The lowest BCUT2D eigenvalue weighted by Crippen LogP contribution is -2.28. The summed E-state index contributed by atoms with van der Waals surface area (Å²) in [6, 6.07) is 19.9. The summed E-state index contributed by atoms with van der Waals surface area (Å²) in [5, 5.41) is 11.6. The van der Waals surface area contributed by atoms with E-state index in [2.05, 4.69) is 20.4 Å². The molecule has 1 aromatic heterocycles. The van der Waals surface area contributed by atoms with E-state index in [1.807, 2.05) is 60.7 Å². The number of anilines is 1. The third-order valence-corrected chi connectivity index (χ3v) is 5.43. The molecule has 2 aromatic carbocycles. The van der Waals surface area contributed by atoms with Gasteiger partial charge in [0.1, 0.15) is 6.04 Å². The van der Waals surface area contributed by atoms with Crippen LogP contribution in [0.1, 0.15) is 48.7 Å². The van der Waals surface area contributed by atoms with Crippen LogP contribution in [0.15, 0.2) is 71.2 Å². The van der Waals surface area contributed by atoms with Gasteiger partial charge in [0.2, 0.25) is 11.8 Å². The van der Waals surface area contributed by atoms with E-state index in [0.29, 0.717) is 18.3 Å². The van der Waals surface area contributed by atoms with Gasteiger partial charge in [-0.3, -0.25) is 4.79 Å². The van der Waals surface area contributed by atoms with Crippen molar-refractivity contribution in [3.05, 3.63) is 83.8 Å². The van der Waals surface area contributed by atoms with Crippen molar-refractivity contribution in [1.82, 2.24) is 15.5 Å². The van der Waals surface area contributed by atoms with Crippen LogP contribution in [0.25, 0.3) is 6.08 Å². The highest BCUT2D eigenvalue weighted by atomic mass is 16.4. The second-order valence-electron chi connectivity index (χ2n) is 7.82. The summed E-state index contributed by atoms with van der Waals surface area (Å²) in [6.07, 6.45) is 8.65. The Morgan fingerprint density at radius 1 is 0.968 bits per heavy atom. The van der Waals surface area contributed by atoms with Gasteiger partial charge in [-0.15, -0.1) is 5.10 Å². The molecule has 1 saturated heterocycles. The molecule has 0 saturated carbocycles. The predicted molar refractivity (Wildman–Crippen MR) is 121 cm³/mol. The molecule has 31 heavy (non-hydrogen) atoms. The Hall–Kier alpha value is -3.41. The van der Waals surface area contributed by atoms with Crippen molar-refractivity contribution >= 4 is 18.0 Å². The maximum Gasteiger partial charge on any atom is 0.318 e. The number of carbonyl (C=O) groups is 1. The van der Waals surface area contributed by atoms with Crippen molar-refractivity contribution < 1.29 is 9.21 Å². The Labute approximate surface area is 183 Å². The van der Waals surface area contributed by atoms with Crippen molar-refractivity contribution in [2.45, 2.75) is 38.1 Å². The number of rotatable bonds is 7. The van der Waals surface area contributed by atoms with Crippen LogP contribution in [-0.2, 0) is 11.2 Å². The fourth-order valence-corrected chi connectivity index (χ4v) is 3.76. The first-order valence-corrected chi connectivity index (χ1v) is 10.9. The van der Waals surface area contributed by atoms with Gasteiger partial charge in [-0.1, -0.05) is 78.6 Å². The zero-order valence-electron chi connectivity index (χ0n) is 17.6. The smallest absolute Gasteiger partial charge is 0.318 e. The second-order valence-corrected chi connectivity index (χ2v) is 7.82. The monoisotopic (exact) mass is 416 g/mol. The highest BCUT2D eigenvalue weighted by Gasteiger charge is 2.23. The van der Waals surface area contributed by atoms with Crippen LogP contribution < -0.4 is 10.2 Å². The van der Waals surface area contributed by atoms with Gasteiger partial charge in [0.15, 0.2) is 0 Å². The number of amides is 1. The number of nitrogens with one attached hydrogen (secondary N) is 1. The van der Waals surface area contributed by atoms with Crippen LogP contribution in [0, 0.1) is 0 Å². The first kappa shape index (κ1) is 20.8. The molecule has 0 spiro atoms. The Balaban J connectivity index is 1.50. The third-order valence-electron chi connectivity index (χ3n) is 5.43. The molecule has 6 nitrogen and oxygen atoms in total. The lowest BCUT2D eigenvalue weighted by Gasteiger charge is -2.17. The molecule has 1 aliphatic rings. The standard InChI is InChI=1S/C25H28N4O2/c30-23(16-15-20-11-5-3-6-12-20)26-22(19-21-13-7-4-8-14-21)24-27-28-25(31-24)29-17-9-1-2-10-18-29/h3-8,11-16,22H,1-2,9-10,17-19H2,(H,26,30)/b16-15+/t22-/m0/s1. The Morgan fingerprint density at radius 3 is 2.35 bits per heavy atom. The average molecular weight is 417 g/mol. The molecule has 0 aliphatic carbocycles. The fourth-order valence-electron chi connectivity index (χ4n) is 3.76. The predicted octanol–water partition coefficient (Wildman–Crippen LogP) is 4.56. The van der Waals surface area contributed by atoms with Crippen molar-refractivity contribution in [3.63, 3.8) is 0 Å². The number of hydrogen-bond acceptors (Lipinski definition) is 5. The lowest BCUT2D eigenvalue weighted by molar-refractivity contribution is -0.117. The van der Waals surface area contributed by atoms with Crippen LogP contribution in [0.4, 0.5) is 6.01 Å². The normalized spacial score (nSPS) is 15.5. The minimum Gasteiger partial charge on any atom is -0.406 e. The number of aromatic nitrogens is 2. The summed E-state index contributed by atoms with van der Waals surface area (Å²) >= 11 is 0. The summed E-state index contributed by atoms with van der Waals surface area (Å²) in [7, 11) is 0. The SMILES string of the molecule is O=C(/C=C/c1ccccc1)N[C@@H](Cc1ccccc1)c1nnc(N2CCCCCC2)o1. The van der Waals surface area contributed by atoms with E-state index in [-0.39, 0.29) is 5.91 Å². The molecule has 1 atom stereocenters. The number of benzene rings is 2. The molecular weight excluding hydrogens is 388 g/mol. The first-order valence-electron chi connectivity index (χ1n) is 10.9. The molecule has 0 bridgehead atoms. The van der Waals surface area contributed by atoms with Crippen LogP contribution in [0.3, 0.4) is 0 Å². The maximum absolute atomic E-state index is 12.6. The lowest BCUT2D eigenvalue weighted by atomic mass is 10.1. The summed E-state index contributed by atoms with van der Waals surface area (Å²) in [6.45, 7) is 1.86. The van der Waals surface area contributed by atoms with Crippen LogP contribution in [-0.4, -0.2) is 29.2 Å². The molecule has 6 heteroatoms. The molecule has 1 fully saturated rings. The zero-order chi connectivity index (χ0) is 21.3. The van der Waals surface area contributed by atoms with Gasteiger partial charge in [0.25, 0.3) is 0 Å². The maximum atomic E-state index is 12.6. The van der Waals surface area contributed by atoms with E-state index in [1.54, 1.807) is 12.2 Å². The first-order chi connectivity index (χ1) is 15.3. The summed E-state index contributed by atoms with van der Waals surface area (Å²) in [5.41, 5.74) is 2.06. The minimum atomic E-state index is -0.399. The zero-order valence-corrected chi connectivity index (χ0v) is 17.6. The number of hydrogen-bond donors (Lipinski definition) is 1. The Bertz CT molecular complexity index is 977. The summed E-state index contributed by atoms with van der Waals surface area (Å²) < 4.78 is 6.04. The van der Waals surface area contributed by atoms with Crippen molar-refractivity contribution in [2.75, 3.05) is 18.0 Å². The quantitative estimate of drug-likeness (QED) is 0.572. The van der Waals surface area contributed by atoms with Crippen molar-refractivity contribution in [1.29, 1.82) is 0 Å². The molecule has 1 amide bonds. The summed E-state index contributed by atoms with van der Waals surface area (Å²) in [5.74, 6) is 0.240. The van der Waals surface area contributed by atoms with Gasteiger partial charge in [-0.2, -0.15) is 0 Å². The average Bonchev–Trinajstić information content (AvgIpc) is 3.14. The van der Waals surface area contributed by atoms with Gasteiger partial charge in [-0.25, -0.2) is 0 Å². The van der Waals surface area contributed by atoms with E-state index in [0.717, 1.165) is 37.1 Å². The number of nitrogens with zero attached hydrogens (tertiary/aromatic N) is 3. The summed E-state index contributed by atoms with van der Waals surface area (Å²) in [4.78, 5) is 14.8. The molecule has 2 heterocycles. The Morgan fingerprint density at radius 2 is 1.65 bits per heavy atom. The molecule has 0 unspecified atom stereocenters. The molecule has 1 aliphatic heterocycles. The fraction of sp³-hybridized carbons (Fsp3) is 0.320. The molecule has 1 N–H and O–H groups in total. The minimum absolute atomic E-state index is 0.195. The van der Waals surface area contributed by atoms with Gasteiger partial charge < -0.3 is 14.6 Å². The highest BCUT2D eigenvalue weighted by Crippen LogP contribution is 2.23.